The molecule has 0 saturated carbocycles. The summed E-state index contributed by atoms with van der Waals surface area (Å²) < 4.78 is 0. The van der Waals surface area contributed by atoms with Gasteiger partial charge in [0, 0.05) is 30.7 Å². The van der Waals surface area contributed by atoms with Crippen LogP contribution in [0, 0.1) is 0 Å². The smallest absolute Gasteiger partial charge is 0.0705 e. The summed E-state index contributed by atoms with van der Waals surface area (Å²) in [6, 6.07) is 11.3. The fourth-order valence-corrected chi connectivity index (χ4v) is 3.29. The monoisotopic (exact) mass is 283 g/mol. The highest BCUT2D eigenvalue weighted by Crippen LogP contribution is 2.23. The van der Waals surface area contributed by atoms with Crippen molar-refractivity contribution >= 4 is 10.9 Å². The van der Waals surface area contributed by atoms with E-state index in [0.29, 0.717) is 6.04 Å². The predicted molar refractivity (Wildman–Crippen MR) is 88.3 cm³/mol. The summed E-state index contributed by atoms with van der Waals surface area (Å²) in [4.78, 5) is 7.09. The summed E-state index contributed by atoms with van der Waals surface area (Å²) in [5.74, 6) is 0. The molecule has 3 heteroatoms. The lowest BCUT2D eigenvalue weighted by atomic mass is 10.1. The number of hydrogen-bond acceptors (Lipinski definition) is 3. The molecule has 112 valence electrons. The average Bonchev–Trinajstić information content (AvgIpc) is 2.95. The van der Waals surface area contributed by atoms with E-state index in [4.69, 9.17) is 0 Å². The molecule has 0 radical (unpaired) electrons. The molecule has 1 fully saturated rings. The van der Waals surface area contributed by atoms with Gasteiger partial charge in [0.15, 0.2) is 0 Å². The second-order valence-electron chi connectivity index (χ2n) is 5.96. The van der Waals surface area contributed by atoms with E-state index in [9.17, 15) is 0 Å². The van der Waals surface area contributed by atoms with Crippen molar-refractivity contribution in [3.05, 3.63) is 42.1 Å². The van der Waals surface area contributed by atoms with Crippen molar-refractivity contribution in [3.63, 3.8) is 0 Å². The van der Waals surface area contributed by atoms with Crippen molar-refractivity contribution < 1.29 is 0 Å². The minimum Gasteiger partial charge on any atom is -0.315 e. The zero-order valence-corrected chi connectivity index (χ0v) is 12.9. The maximum Gasteiger partial charge on any atom is 0.0705 e. The van der Waals surface area contributed by atoms with Gasteiger partial charge in [-0.25, -0.2) is 0 Å². The fourth-order valence-electron chi connectivity index (χ4n) is 3.29. The molecule has 1 aromatic heterocycles. The van der Waals surface area contributed by atoms with E-state index in [-0.39, 0.29) is 0 Å². The van der Waals surface area contributed by atoms with Crippen LogP contribution in [0.3, 0.4) is 0 Å². The topological polar surface area (TPSA) is 28.2 Å². The van der Waals surface area contributed by atoms with Crippen LogP contribution in [-0.2, 0) is 6.54 Å². The number of para-hydroxylation sites is 1. The molecule has 1 aliphatic rings. The van der Waals surface area contributed by atoms with Crippen LogP contribution in [0.1, 0.15) is 31.7 Å². The highest BCUT2D eigenvalue weighted by Gasteiger charge is 2.24. The van der Waals surface area contributed by atoms with Gasteiger partial charge in [0.1, 0.15) is 0 Å². The first-order valence-corrected chi connectivity index (χ1v) is 8.16. The van der Waals surface area contributed by atoms with Gasteiger partial charge < -0.3 is 5.32 Å². The highest BCUT2D eigenvalue weighted by molar-refractivity contribution is 5.81. The number of nitrogens with zero attached hydrogens (tertiary/aromatic N) is 2. The molecule has 3 nitrogen and oxygen atoms in total. The first-order valence-electron chi connectivity index (χ1n) is 8.16. The minimum absolute atomic E-state index is 0.684. The molecule has 0 amide bonds. The Bertz CT molecular complexity index is 576. The van der Waals surface area contributed by atoms with Crippen molar-refractivity contribution in [2.45, 2.75) is 38.8 Å². The van der Waals surface area contributed by atoms with Gasteiger partial charge in [-0.1, -0.05) is 25.1 Å². The first-order chi connectivity index (χ1) is 10.4. The number of nitrogens with one attached hydrogen (secondary N) is 1. The van der Waals surface area contributed by atoms with Crippen molar-refractivity contribution in [3.8, 4) is 0 Å². The number of pyridine rings is 1. The fraction of sp³-hybridized carbons (Fsp3) is 0.500. The van der Waals surface area contributed by atoms with Gasteiger partial charge in [0.05, 0.1) is 5.52 Å². The molecule has 2 aromatic rings. The molecule has 0 aliphatic carbocycles. The lowest BCUT2D eigenvalue weighted by molar-refractivity contribution is 0.240. The van der Waals surface area contributed by atoms with E-state index >= 15 is 0 Å². The van der Waals surface area contributed by atoms with Crippen LogP contribution >= 0.6 is 0 Å². The summed E-state index contributed by atoms with van der Waals surface area (Å²) >= 11 is 0. The predicted octanol–water partition coefficient (Wildman–Crippen LogP) is 3.20. The van der Waals surface area contributed by atoms with Crippen LogP contribution in [0.2, 0.25) is 0 Å². The molecule has 0 bridgehead atoms. The van der Waals surface area contributed by atoms with Crippen molar-refractivity contribution in [2.75, 3.05) is 19.6 Å². The molecule has 2 heterocycles. The number of rotatable bonds is 6. The summed E-state index contributed by atoms with van der Waals surface area (Å²) in [7, 11) is 0. The Morgan fingerprint density at radius 2 is 2.19 bits per heavy atom. The SMILES string of the molecule is CCCNCC1CCCN1Cc1ccnc2ccccc12. The number of benzene rings is 1. The van der Waals surface area contributed by atoms with E-state index in [1.54, 1.807) is 0 Å². The Hall–Kier alpha value is -1.45. The number of aromatic nitrogens is 1. The summed E-state index contributed by atoms with van der Waals surface area (Å²) in [5, 5.41) is 4.87. The Morgan fingerprint density at radius 3 is 3.10 bits per heavy atom. The zero-order valence-electron chi connectivity index (χ0n) is 12.9. The van der Waals surface area contributed by atoms with Crippen molar-refractivity contribution in [2.24, 2.45) is 0 Å². The van der Waals surface area contributed by atoms with Gasteiger partial charge in [-0.05, 0) is 50.0 Å². The third kappa shape index (κ3) is 3.42. The van der Waals surface area contributed by atoms with Gasteiger partial charge in [0.2, 0.25) is 0 Å². The van der Waals surface area contributed by atoms with Crippen LogP contribution in [-0.4, -0.2) is 35.6 Å². The van der Waals surface area contributed by atoms with Crippen LogP contribution in [0.4, 0.5) is 0 Å². The molecule has 1 atom stereocenters. The summed E-state index contributed by atoms with van der Waals surface area (Å²) in [5.41, 5.74) is 2.51. The van der Waals surface area contributed by atoms with E-state index in [2.05, 4.69) is 52.5 Å². The first kappa shape index (κ1) is 14.5. The lowest BCUT2D eigenvalue weighted by Crippen LogP contribution is -2.37. The van der Waals surface area contributed by atoms with E-state index < -0.39 is 0 Å². The Kier molecular flexibility index (Phi) is 4.84. The second kappa shape index (κ2) is 7.01. The van der Waals surface area contributed by atoms with Crippen LogP contribution in [0.5, 0.6) is 0 Å². The average molecular weight is 283 g/mol. The molecule has 1 saturated heterocycles. The minimum atomic E-state index is 0.684. The normalized spacial score (nSPS) is 19.4. The Labute approximate surface area is 127 Å². The molecular formula is C18H25N3. The van der Waals surface area contributed by atoms with Crippen LogP contribution in [0.15, 0.2) is 36.5 Å². The van der Waals surface area contributed by atoms with E-state index in [0.717, 1.165) is 25.2 Å². The van der Waals surface area contributed by atoms with Crippen LogP contribution < -0.4 is 5.32 Å². The maximum atomic E-state index is 4.47. The van der Waals surface area contributed by atoms with Gasteiger partial charge in [0.25, 0.3) is 0 Å². The molecular weight excluding hydrogens is 258 g/mol. The quantitative estimate of drug-likeness (QED) is 0.825. The van der Waals surface area contributed by atoms with Gasteiger partial charge >= 0.3 is 0 Å². The summed E-state index contributed by atoms with van der Waals surface area (Å²) in [6.45, 7) is 6.73. The second-order valence-corrected chi connectivity index (χ2v) is 5.96. The molecule has 0 spiro atoms. The highest BCUT2D eigenvalue weighted by atomic mass is 15.2. The molecule has 1 aromatic carbocycles. The zero-order chi connectivity index (χ0) is 14.5. The largest absolute Gasteiger partial charge is 0.315 e. The number of fused-ring (bicyclic) bond motifs is 1. The lowest BCUT2D eigenvalue weighted by Gasteiger charge is -2.25. The molecule has 1 unspecified atom stereocenters. The number of likely N-dealkylation sites (tertiary alicyclic amines) is 1. The summed E-state index contributed by atoms with van der Waals surface area (Å²) in [6.07, 6.45) is 5.79. The maximum absolute atomic E-state index is 4.47. The van der Waals surface area contributed by atoms with Gasteiger partial charge in [-0.15, -0.1) is 0 Å². The third-order valence-corrected chi connectivity index (χ3v) is 4.42. The van der Waals surface area contributed by atoms with Crippen LogP contribution in [0.25, 0.3) is 10.9 Å². The standard InChI is InChI=1S/C18H25N3/c1-2-10-19-13-16-6-5-12-21(16)14-15-9-11-20-18-8-4-3-7-17(15)18/h3-4,7-9,11,16,19H,2,5-6,10,12-14H2,1H3. The molecule has 1 N–H and O–H groups in total. The van der Waals surface area contributed by atoms with Crippen molar-refractivity contribution in [1.29, 1.82) is 0 Å². The molecule has 1 aliphatic heterocycles. The molecule has 21 heavy (non-hydrogen) atoms. The third-order valence-electron chi connectivity index (χ3n) is 4.42. The van der Waals surface area contributed by atoms with Gasteiger partial charge in [-0.3, -0.25) is 9.88 Å². The van der Waals surface area contributed by atoms with E-state index in [1.807, 2.05) is 6.20 Å². The number of hydrogen-bond donors (Lipinski definition) is 1. The Balaban J connectivity index is 1.72. The van der Waals surface area contributed by atoms with E-state index in [1.165, 1.54) is 36.8 Å². The molecule has 3 rings (SSSR count). The Morgan fingerprint density at radius 1 is 1.29 bits per heavy atom. The van der Waals surface area contributed by atoms with Gasteiger partial charge in [-0.2, -0.15) is 0 Å². The van der Waals surface area contributed by atoms with Crippen molar-refractivity contribution in [1.82, 2.24) is 15.2 Å².